The van der Waals surface area contributed by atoms with E-state index < -0.39 is 0 Å². The maximum absolute atomic E-state index is 9.44. The third-order valence-corrected chi connectivity index (χ3v) is 1.94. The van der Waals surface area contributed by atoms with Gasteiger partial charge in [0.15, 0.2) is 0 Å². The smallest absolute Gasteiger partial charge is 0.244 e. The van der Waals surface area contributed by atoms with Crippen molar-refractivity contribution in [3.63, 3.8) is 0 Å². The monoisotopic (exact) mass is 220 g/mol. The van der Waals surface area contributed by atoms with Gasteiger partial charge in [-0.25, -0.2) is 4.99 Å². The average molecular weight is 220 g/mol. The van der Waals surface area contributed by atoms with Gasteiger partial charge in [-0.05, 0) is 24.4 Å². The van der Waals surface area contributed by atoms with Gasteiger partial charge in [0.1, 0.15) is 5.75 Å². The third-order valence-electron chi connectivity index (χ3n) is 1.75. The number of rotatable bonds is 2. The lowest BCUT2D eigenvalue weighted by atomic mass is 10.2. The summed E-state index contributed by atoms with van der Waals surface area (Å²) in [4.78, 5) is 7.89. The van der Waals surface area contributed by atoms with E-state index in [0.29, 0.717) is 16.3 Å². The molecular formula is C9H8N4OS. The summed E-state index contributed by atoms with van der Waals surface area (Å²) in [6.45, 7) is 0. The first-order valence-corrected chi connectivity index (χ1v) is 4.63. The van der Waals surface area contributed by atoms with Crippen molar-refractivity contribution in [1.29, 1.82) is 0 Å². The maximum atomic E-state index is 9.44. The van der Waals surface area contributed by atoms with Crippen molar-refractivity contribution in [2.75, 3.05) is 0 Å². The fraction of sp³-hybridized carbons (Fsp3) is 0. The number of phenolic OH excluding ortho intramolecular Hbond substituents is 1. The van der Waals surface area contributed by atoms with Gasteiger partial charge < -0.3 is 5.11 Å². The molecule has 2 aromatic rings. The summed E-state index contributed by atoms with van der Waals surface area (Å²) in [7, 11) is 0. The number of aliphatic imine (C=N–C) groups is 1. The molecular weight excluding hydrogens is 212 g/mol. The lowest BCUT2D eigenvalue weighted by molar-refractivity contribution is 0.474. The quantitative estimate of drug-likeness (QED) is 0.534. The Labute approximate surface area is 90.5 Å². The minimum absolute atomic E-state index is 0.176. The summed E-state index contributed by atoms with van der Waals surface area (Å²) in [5.74, 6) is 0.554. The van der Waals surface area contributed by atoms with Crippen molar-refractivity contribution in [2.24, 2.45) is 4.99 Å². The van der Waals surface area contributed by atoms with Crippen LogP contribution in [0.4, 0.5) is 5.95 Å². The molecule has 2 rings (SSSR count). The molecule has 5 nitrogen and oxygen atoms in total. The summed E-state index contributed by atoms with van der Waals surface area (Å²) in [6.07, 6.45) is 1.51. The van der Waals surface area contributed by atoms with E-state index in [2.05, 4.69) is 20.2 Å². The van der Waals surface area contributed by atoms with E-state index in [1.807, 2.05) is 6.07 Å². The Morgan fingerprint density at radius 1 is 1.33 bits per heavy atom. The molecule has 1 aromatic carbocycles. The zero-order valence-corrected chi connectivity index (χ0v) is 8.45. The predicted octanol–water partition coefficient (Wildman–Crippen LogP) is 1.92. The van der Waals surface area contributed by atoms with Crippen molar-refractivity contribution in [3.05, 3.63) is 34.6 Å². The molecule has 0 aliphatic heterocycles. The molecule has 0 amide bonds. The standard InChI is InChI=1S/C9H8N4OS/c14-7-4-2-1-3-6(7)5-10-8-11-9(15)13-12-8/h1-5,14H,(H2,11,12,13,15)/b10-5+. The highest BCUT2D eigenvalue weighted by molar-refractivity contribution is 7.71. The number of nitrogens with zero attached hydrogens (tertiary/aromatic N) is 2. The van der Waals surface area contributed by atoms with Crippen molar-refractivity contribution in [1.82, 2.24) is 15.2 Å². The van der Waals surface area contributed by atoms with Gasteiger partial charge in [0.2, 0.25) is 10.7 Å². The number of hydrogen-bond donors (Lipinski definition) is 3. The molecule has 0 saturated carbocycles. The average Bonchev–Trinajstić information content (AvgIpc) is 2.63. The Morgan fingerprint density at radius 2 is 2.13 bits per heavy atom. The number of aromatic nitrogens is 3. The molecule has 1 aromatic heterocycles. The van der Waals surface area contributed by atoms with Gasteiger partial charge in [-0.1, -0.05) is 12.1 Å². The van der Waals surface area contributed by atoms with Crippen LogP contribution in [0.25, 0.3) is 0 Å². The summed E-state index contributed by atoms with van der Waals surface area (Å²) < 4.78 is 0.347. The molecule has 0 unspecified atom stereocenters. The van der Waals surface area contributed by atoms with Crippen LogP contribution in [0.15, 0.2) is 29.3 Å². The molecule has 0 spiro atoms. The topological polar surface area (TPSA) is 77.1 Å². The van der Waals surface area contributed by atoms with Crippen LogP contribution in [0.3, 0.4) is 0 Å². The minimum atomic E-state index is 0.176. The zero-order valence-electron chi connectivity index (χ0n) is 7.64. The van der Waals surface area contributed by atoms with Crippen LogP contribution >= 0.6 is 12.2 Å². The maximum Gasteiger partial charge on any atom is 0.244 e. The fourth-order valence-corrected chi connectivity index (χ4v) is 1.19. The summed E-state index contributed by atoms with van der Waals surface area (Å²) in [5.41, 5.74) is 0.625. The van der Waals surface area contributed by atoms with Crippen LogP contribution < -0.4 is 0 Å². The number of nitrogens with one attached hydrogen (secondary N) is 2. The second-order valence-electron chi connectivity index (χ2n) is 2.81. The third kappa shape index (κ3) is 2.29. The molecule has 1 heterocycles. The SMILES string of the molecule is Oc1ccccc1/C=N/c1nc(=S)[nH][nH]1. The zero-order chi connectivity index (χ0) is 10.7. The molecule has 6 heteroatoms. The highest BCUT2D eigenvalue weighted by atomic mass is 32.1. The summed E-state index contributed by atoms with van der Waals surface area (Å²) in [5, 5.41) is 14.7. The van der Waals surface area contributed by atoms with E-state index in [1.54, 1.807) is 18.2 Å². The number of phenols is 1. The van der Waals surface area contributed by atoms with Crippen LogP contribution in [-0.4, -0.2) is 26.5 Å². The van der Waals surface area contributed by atoms with Gasteiger partial charge in [-0.2, -0.15) is 4.98 Å². The largest absolute Gasteiger partial charge is 0.507 e. The lowest BCUT2D eigenvalue weighted by Gasteiger charge is -1.94. The first-order valence-electron chi connectivity index (χ1n) is 4.22. The van der Waals surface area contributed by atoms with Crippen LogP contribution in [0, 0.1) is 4.77 Å². The van der Waals surface area contributed by atoms with E-state index in [-0.39, 0.29) is 5.75 Å². The Morgan fingerprint density at radius 3 is 2.80 bits per heavy atom. The molecule has 0 saturated heterocycles. The van der Waals surface area contributed by atoms with Gasteiger partial charge >= 0.3 is 0 Å². The van der Waals surface area contributed by atoms with Gasteiger partial charge in [0.05, 0.1) is 0 Å². The number of aromatic amines is 2. The summed E-state index contributed by atoms with van der Waals surface area (Å²) in [6, 6.07) is 6.90. The van der Waals surface area contributed by atoms with E-state index >= 15 is 0 Å². The Kier molecular flexibility index (Phi) is 2.59. The number of para-hydroxylation sites is 1. The number of aromatic hydroxyl groups is 1. The first kappa shape index (κ1) is 9.60. The lowest BCUT2D eigenvalue weighted by Crippen LogP contribution is -1.81. The highest BCUT2D eigenvalue weighted by Crippen LogP contribution is 2.13. The van der Waals surface area contributed by atoms with Crippen LogP contribution in [0.5, 0.6) is 5.75 Å². The summed E-state index contributed by atoms with van der Waals surface area (Å²) >= 11 is 4.77. The molecule has 0 bridgehead atoms. The molecule has 76 valence electrons. The Bertz CT molecular complexity index is 543. The van der Waals surface area contributed by atoms with E-state index in [0.717, 1.165) is 0 Å². The predicted molar refractivity (Wildman–Crippen MR) is 59.1 cm³/mol. The molecule has 0 aliphatic rings. The van der Waals surface area contributed by atoms with E-state index in [9.17, 15) is 5.11 Å². The number of hydrogen-bond acceptors (Lipinski definition) is 4. The van der Waals surface area contributed by atoms with Crippen molar-refractivity contribution in [3.8, 4) is 5.75 Å². The second-order valence-corrected chi connectivity index (χ2v) is 3.19. The fourth-order valence-electron chi connectivity index (χ4n) is 1.05. The molecule has 3 N–H and O–H groups in total. The molecule has 0 aliphatic carbocycles. The number of benzene rings is 1. The van der Waals surface area contributed by atoms with Gasteiger partial charge in [0, 0.05) is 11.8 Å². The van der Waals surface area contributed by atoms with E-state index in [1.165, 1.54) is 6.21 Å². The van der Waals surface area contributed by atoms with Crippen LogP contribution in [0.1, 0.15) is 5.56 Å². The normalized spacial score (nSPS) is 10.9. The molecule has 15 heavy (non-hydrogen) atoms. The molecule has 0 radical (unpaired) electrons. The Hall–Kier alpha value is -1.95. The number of H-pyrrole nitrogens is 2. The first-order chi connectivity index (χ1) is 7.25. The minimum Gasteiger partial charge on any atom is -0.507 e. The van der Waals surface area contributed by atoms with Crippen molar-refractivity contribution < 1.29 is 5.11 Å². The van der Waals surface area contributed by atoms with Gasteiger partial charge in [-0.15, -0.1) is 0 Å². The van der Waals surface area contributed by atoms with Crippen LogP contribution in [0.2, 0.25) is 0 Å². The van der Waals surface area contributed by atoms with Gasteiger partial charge in [-0.3, -0.25) is 10.2 Å². The van der Waals surface area contributed by atoms with Crippen LogP contribution in [-0.2, 0) is 0 Å². The van der Waals surface area contributed by atoms with Gasteiger partial charge in [0.25, 0.3) is 0 Å². The highest BCUT2D eigenvalue weighted by Gasteiger charge is 1.95. The molecule has 0 fully saturated rings. The van der Waals surface area contributed by atoms with E-state index in [4.69, 9.17) is 12.2 Å². The second kappa shape index (κ2) is 4.05. The molecule has 0 atom stereocenters. The van der Waals surface area contributed by atoms with Crippen molar-refractivity contribution >= 4 is 24.4 Å². The van der Waals surface area contributed by atoms with Crippen molar-refractivity contribution in [2.45, 2.75) is 0 Å². The Balaban J connectivity index is 2.26.